The van der Waals surface area contributed by atoms with E-state index >= 15 is 0 Å². The number of rotatable bonds is 1. The zero-order valence-electron chi connectivity index (χ0n) is 10.2. The van der Waals surface area contributed by atoms with Crippen molar-refractivity contribution in [1.82, 2.24) is 0 Å². The van der Waals surface area contributed by atoms with Gasteiger partial charge in [-0.1, -0.05) is 12.5 Å². The topological polar surface area (TPSA) is 39.4 Å². The van der Waals surface area contributed by atoms with Crippen molar-refractivity contribution in [3.63, 3.8) is 0 Å². The summed E-state index contributed by atoms with van der Waals surface area (Å²) in [6.07, 6.45) is 4.47. The monoisotopic (exact) mass is 232 g/mol. The van der Waals surface area contributed by atoms with Gasteiger partial charge in [0.25, 0.3) is 0 Å². The molecule has 1 aromatic heterocycles. The first-order chi connectivity index (χ1) is 8.13. The molecule has 2 atom stereocenters. The number of allylic oxidation sites excluding steroid dienone is 1. The molecular weight excluding hydrogens is 216 g/mol. The fourth-order valence-electron chi connectivity index (χ4n) is 3.24. The molecule has 1 aliphatic heterocycles. The predicted molar refractivity (Wildman–Crippen MR) is 62.2 cm³/mol. The van der Waals surface area contributed by atoms with E-state index in [1.54, 1.807) is 6.26 Å². The Labute approximate surface area is 100 Å². The molecule has 0 bridgehead atoms. The molecule has 2 aliphatic rings. The fraction of sp³-hybridized carbons (Fsp3) is 0.500. The second-order valence-electron chi connectivity index (χ2n) is 5.23. The molecule has 1 aromatic rings. The maximum atomic E-state index is 12.0. The smallest absolute Gasteiger partial charge is 0.335 e. The van der Waals surface area contributed by atoms with E-state index in [9.17, 15) is 4.79 Å². The molecule has 3 rings (SSSR count). The molecule has 0 amide bonds. The van der Waals surface area contributed by atoms with Crippen LogP contribution in [0.4, 0.5) is 0 Å². The van der Waals surface area contributed by atoms with E-state index in [-0.39, 0.29) is 17.5 Å². The number of ether oxygens (including phenoxy) is 1. The van der Waals surface area contributed by atoms with Gasteiger partial charge in [0.2, 0.25) is 0 Å². The summed E-state index contributed by atoms with van der Waals surface area (Å²) in [6.45, 7) is 4.15. The van der Waals surface area contributed by atoms with Crippen molar-refractivity contribution in [3.05, 3.63) is 35.3 Å². The van der Waals surface area contributed by atoms with Gasteiger partial charge < -0.3 is 9.15 Å². The SMILES string of the molecule is CC1=C2C(=O)OC(c3ccco3)C2(C)CCC1. The second kappa shape index (κ2) is 3.49. The van der Waals surface area contributed by atoms with Crippen LogP contribution in [0.2, 0.25) is 0 Å². The number of fused-ring (bicyclic) bond motifs is 1. The van der Waals surface area contributed by atoms with Crippen molar-refractivity contribution in [2.45, 2.75) is 39.2 Å². The third-order valence-electron chi connectivity index (χ3n) is 4.06. The Morgan fingerprint density at radius 1 is 1.47 bits per heavy atom. The average molecular weight is 232 g/mol. The summed E-state index contributed by atoms with van der Waals surface area (Å²) < 4.78 is 11.0. The van der Waals surface area contributed by atoms with Crippen molar-refractivity contribution < 1.29 is 13.9 Å². The summed E-state index contributed by atoms with van der Waals surface area (Å²) in [6, 6.07) is 3.72. The van der Waals surface area contributed by atoms with Crippen LogP contribution in [-0.4, -0.2) is 5.97 Å². The minimum absolute atomic E-state index is 0.161. The van der Waals surface area contributed by atoms with Gasteiger partial charge in [-0.2, -0.15) is 0 Å². The highest BCUT2D eigenvalue weighted by Crippen LogP contribution is 2.55. The van der Waals surface area contributed by atoms with E-state index in [0.717, 1.165) is 30.6 Å². The zero-order valence-corrected chi connectivity index (χ0v) is 10.2. The second-order valence-corrected chi connectivity index (χ2v) is 5.23. The predicted octanol–water partition coefficient (Wildman–Crippen LogP) is 3.38. The number of cyclic esters (lactones) is 1. The molecule has 0 saturated carbocycles. The lowest BCUT2D eigenvalue weighted by atomic mass is 9.69. The number of esters is 1. The Morgan fingerprint density at radius 2 is 2.29 bits per heavy atom. The molecule has 2 unspecified atom stereocenters. The van der Waals surface area contributed by atoms with Crippen LogP contribution in [0.3, 0.4) is 0 Å². The van der Waals surface area contributed by atoms with E-state index in [2.05, 4.69) is 6.92 Å². The van der Waals surface area contributed by atoms with Crippen molar-refractivity contribution in [3.8, 4) is 0 Å². The zero-order chi connectivity index (χ0) is 12.0. The standard InChI is InChI=1S/C14H16O3/c1-9-5-3-7-14(2)11(9)13(15)17-12(14)10-6-4-8-16-10/h4,6,8,12H,3,5,7H2,1-2H3. The van der Waals surface area contributed by atoms with Crippen LogP contribution in [0.1, 0.15) is 45.0 Å². The van der Waals surface area contributed by atoms with Crippen LogP contribution < -0.4 is 0 Å². The van der Waals surface area contributed by atoms with E-state index in [1.807, 2.05) is 19.1 Å². The summed E-state index contributed by atoms with van der Waals surface area (Å²) in [5, 5.41) is 0. The minimum Gasteiger partial charge on any atom is -0.465 e. The molecule has 3 heteroatoms. The first-order valence-electron chi connectivity index (χ1n) is 6.07. The summed E-state index contributed by atoms with van der Waals surface area (Å²) in [4.78, 5) is 12.0. The lowest BCUT2D eigenvalue weighted by molar-refractivity contribution is -0.141. The van der Waals surface area contributed by atoms with Gasteiger partial charge in [-0.3, -0.25) is 0 Å². The fourth-order valence-corrected chi connectivity index (χ4v) is 3.24. The van der Waals surface area contributed by atoms with Crippen LogP contribution in [0, 0.1) is 5.41 Å². The first-order valence-corrected chi connectivity index (χ1v) is 6.07. The Bertz CT molecular complexity index is 484. The van der Waals surface area contributed by atoms with Gasteiger partial charge in [0, 0.05) is 11.0 Å². The lowest BCUT2D eigenvalue weighted by Crippen LogP contribution is -2.26. The molecule has 17 heavy (non-hydrogen) atoms. The van der Waals surface area contributed by atoms with Crippen LogP contribution in [0.15, 0.2) is 34.0 Å². The summed E-state index contributed by atoms with van der Waals surface area (Å²) in [5.41, 5.74) is 1.85. The molecule has 1 aliphatic carbocycles. The third kappa shape index (κ3) is 1.38. The number of hydrogen-bond acceptors (Lipinski definition) is 3. The van der Waals surface area contributed by atoms with Crippen molar-refractivity contribution >= 4 is 5.97 Å². The van der Waals surface area contributed by atoms with Gasteiger partial charge in [0.15, 0.2) is 6.10 Å². The molecule has 1 fully saturated rings. The number of furan rings is 1. The van der Waals surface area contributed by atoms with E-state index in [1.165, 1.54) is 5.57 Å². The van der Waals surface area contributed by atoms with Gasteiger partial charge in [-0.15, -0.1) is 0 Å². The van der Waals surface area contributed by atoms with Crippen LogP contribution in [0.5, 0.6) is 0 Å². The van der Waals surface area contributed by atoms with Gasteiger partial charge in [-0.25, -0.2) is 4.79 Å². The van der Waals surface area contributed by atoms with Gasteiger partial charge >= 0.3 is 5.97 Å². The average Bonchev–Trinajstić information content (AvgIpc) is 2.85. The highest BCUT2D eigenvalue weighted by Gasteiger charge is 2.53. The summed E-state index contributed by atoms with van der Waals surface area (Å²) >= 11 is 0. The molecule has 0 spiro atoms. The number of carbonyl (C=O) groups is 1. The van der Waals surface area contributed by atoms with Crippen LogP contribution in [0.25, 0.3) is 0 Å². The van der Waals surface area contributed by atoms with Gasteiger partial charge in [-0.05, 0) is 38.3 Å². The van der Waals surface area contributed by atoms with Crippen molar-refractivity contribution in [1.29, 1.82) is 0 Å². The highest BCUT2D eigenvalue weighted by atomic mass is 16.6. The quantitative estimate of drug-likeness (QED) is 0.697. The van der Waals surface area contributed by atoms with E-state index in [4.69, 9.17) is 9.15 Å². The molecule has 0 N–H and O–H groups in total. The lowest BCUT2D eigenvalue weighted by Gasteiger charge is -2.32. The summed E-state index contributed by atoms with van der Waals surface area (Å²) in [5.74, 6) is 0.594. The van der Waals surface area contributed by atoms with Crippen LogP contribution in [-0.2, 0) is 9.53 Å². The minimum atomic E-state index is -0.254. The van der Waals surface area contributed by atoms with Crippen molar-refractivity contribution in [2.24, 2.45) is 5.41 Å². The van der Waals surface area contributed by atoms with E-state index in [0.29, 0.717) is 0 Å². The normalized spacial score (nSPS) is 32.6. The molecule has 2 heterocycles. The first kappa shape index (κ1) is 10.6. The molecule has 90 valence electrons. The third-order valence-corrected chi connectivity index (χ3v) is 4.06. The largest absolute Gasteiger partial charge is 0.465 e. The highest BCUT2D eigenvalue weighted by molar-refractivity contribution is 5.93. The number of hydrogen-bond donors (Lipinski definition) is 0. The Kier molecular flexibility index (Phi) is 2.18. The maximum absolute atomic E-state index is 12.0. The van der Waals surface area contributed by atoms with Crippen LogP contribution >= 0.6 is 0 Å². The molecule has 0 aromatic carbocycles. The maximum Gasteiger partial charge on any atom is 0.335 e. The van der Waals surface area contributed by atoms with Crippen molar-refractivity contribution in [2.75, 3.05) is 0 Å². The Morgan fingerprint density at radius 3 is 3.00 bits per heavy atom. The Balaban J connectivity index is 2.11. The molecule has 0 radical (unpaired) electrons. The molecule has 1 saturated heterocycles. The summed E-state index contributed by atoms with van der Waals surface area (Å²) in [7, 11) is 0. The van der Waals surface area contributed by atoms with Gasteiger partial charge in [0.1, 0.15) is 5.76 Å². The van der Waals surface area contributed by atoms with E-state index < -0.39 is 0 Å². The molecule has 3 nitrogen and oxygen atoms in total. The molecular formula is C14H16O3. The number of carbonyl (C=O) groups excluding carboxylic acids is 1. The van der Waals surface area contributed by atoms with Gasteiger partial charge in [0.05, 0.1) is 6.26 Å². The Hall–Kier alpha value is -1.51.